The maximum Gasteiger partial charge on any atom is 0.119 e. The first-order chi connectivity index (χ1) is 6.86. The second kappa shape index (κ2) is 6.92. The number of ether oxygens (including phenoxy) is 1. The molecule has 0 radical (unpaired) electrons. The van der Waals surface area contributed by atoms with Crippen LogP contribution in [0.15, 0.2) is 5.38 Å². The Morgan fingerprint density at radius 3 is 3.14 bits per heavy atom. The molecule has 0 amide bonds. The number of nitrogens with two attached hydrogens (primary N) is 1. The van der Waals surface area contributed by atoms with Crippen LogP contribution in [0.2, 0.25) is 0 Å². The number of hydrogen-bond donors (Lipinski definition) is 1. The second-order valence-corrected chi connectivity index (χ2v) is 4.12. The molecule has 0 atom stereocenters. The fourth-order valence-electron chi connectivity index (χ4n) is 1.12. The number of thiazole rings is 1. The van der Waals surface area contributed by atoms with Crippen molar-refractivity contribution in [3.63, 3.8) is 0 Å². The van der Waals surface area contributed by atoms with Crippen molar-refractivity contribution in [2.45, 2.75) is 32.8 Å². The first-order valence-corrected chi connectivity index (χ1v) is 5.96. The molecular weight excluding hydrogens is 196 g/mol. The minimum Gasteiger partial charge on any atom is -0.374 e. The maximum atomic E-state index is 5.43. The van der Waals surface area contributed by atoms with Gasteiger partial charge < -0.3 is 10.5 Å². The van der Waals surface area contributed by atoms with E-state index in [1.54, 1.807) is 11.3 Å². The second-order valence-electron chi connectivity index (χ2n) is 3.18. The number of aryl methyl sites for hydroxylation is 1. The van der Waals surface area contributed by atoms with Crippen LogP contribution in [0.4, 0.5) is 0 Å². The molecule has 1 aromatic rings. The average molecular weight is 214 g/mol. The molecule has 0 spiro atoms. The standard InChI is InChI=1S/C10H18N2OS/c1-2-6-13-7-10-12-9(8-14-10)4-3-5-11/h8H,2-7,11H2,1H3. The van der Waals surface area contributed by atoms with Gasteiger partial charge in [0, 0.05) is 12.0 Å². The third-order valence-electron chi connectivity index (χ3n) is 1.81. The van der Waals surface area contributed by atoms with E-state index in [9.17, 15) is 0 Å². The van der Waals surface area contributed by atoms with Gasteiger partial charge in [0.25, 0.3) is 0 Å². The normalized spacial score (nSPS) is 10.7. The molecule has 1 heterocycles. The van der Waals surface area contributed by atoms with Gasteiger partial charge in [-0.05, 0) is 25.8 Å². The predicted molar refractivity (Wildman–Crippen MR) is 59.4 cm³/mol. The molecule has 0 bridgehead atoms. The third-order valence-corrected chi connectivity index (χ3v) is 2.68. The van der Waals surface area contributed by atoms with Gasteiger partial charge in [-0.1, -0.05) is 6.92 Å². The summed E-state index contributed by atoms with van der Waals surface area (Å²) in [6, 6.07) is 0. The van der Waals surface area contributed by atoms with Gasteiger partial charge in [-0.2, -0.15) is 0 Å². The molecule has 0 saturated heterocycles. The molecule has 2 N–H and O–H groups in total. The molecule has 0 aromatic carbocycles. The highest BCUT2D eigenvalue weighted by molar-refractivity contribution is 7.09. The fourth-order valence-corrected chi connectivity index (χ4v) is 1.88. The molecule has 1 rings (SSSR count). The molecule has 0 saturated carbocycles. The number of rotatable bonds is 7. The van der Waals surface area contributed by atoms with Gasteiger partial charge in [0.1, 0.15) is 5.01 Å². The van der Waals surface area contributed by atoms with Crippen LogP contribution in [-0.4, -0.2) is 18.1 Å². The molecule has 0 aliphatic carbocycles. The number of hydrogen-bond acceptors (Lipinski definition) is 4. The first kappa shape index (κ1) is 11.6. The lowest BCUT2D eigenvalue weighted by atomic mass is 10.2. The zero-order valence-corrected chi connectivity index (χ0v) is 9.48. The molecule has 0 aliphatic heterocycles. The summed E-state index contributed by atoms with van der Waals surface area (Å²) in [5, 5.41) is 3.17. The fraction of sp³-hybridized carbons (Fsp3) is 0.700. The van der Waals surface area contributed by atoms with Crippen molar-refractivity contribution in [3.05, 3.63) is 16.1 Å². The van der Waals surface area contributed by atoms with Crippen molar-refractivity contribution in [3.8, 4) is 0 Å². The zero-order valence-electron chi connectivity index (χ0n) is 8.66. The van der Waals surface area contributed by atoms with E-state index in [-0.39, 0.29) is 0 Å². The molecule has 80 valence electrons. The van der Waals surface area contributed by atoms with Gasteiger partial charge >= 0.3 is 0 Å². The third kappa shape index (κ3) is 4.17. The molecule has 0 fully saturated rings. The van der Waals surface area contributed by atoms with Crippen LogP contribution >= 0.6 is 11.3 Å². The minimum absolute atomic E-state index is 0.654. The zero-order chi connectivity index (χ0) is 10.2. The number of aromatic nitrogens is 1. The first-order valence-electron chi connectivity index (χ1n) is 5.08. The van der Waals surface area contributed by atoms with Gasteiger partial charge in [0.2, 0.25) is 0 Å². The summed E-state index contributed by atoms with van der Waals surface area (Å²) in [5.74, 6) is 0. The molecule has 0 unspecified atom stereocenters. The topological polar surface area (TPSA) is 48.1 Å². The minimum atomic E-state index is 0.654. The van der Waals surface area contributed by atoms with Gasteiger partial charge in [0.05, 0.1) is 12.3 Å². The Balaban J connectivity index is 2.27. The Labute approximate surface area is 89.3 Å². The van der Waals surface area contributed by atoms with Crippen LogP contribution < -0.4 is 5.73 Å². The quantitative estimate of drug-likeness (QED) is 0.706. The molecule has 1 aromatic heterocycles. The summed E-state index contributed by atoms with van der Waals surface area (Å²) in [6.07, 6.45) is 3.06. The lowest BCUT2D eigenvalue weighted by molar-refractivity contribution is 0.121. The van der Waals surface area contributed by atoms with E-state index in [0.29, 0.717) is 6.61 Å². The Morgan fingerprint density at radius 2 is 2.43 bits per heavy atom. The van der Waals surface area contributed by atoms with Crippen molar-refractivity contribution in [2.75, 3.05) is 13.2 Å². The molecule has 14 heavy (non-hydrogen) atoms. The van der Waals surface area contributed by atoms with Gasteiger partial charge in [-0.3, -0.25) is 0 Å². The smallest absolute Gasteiger partial charge is 0.119 e. The van der Waals surface area contributed by atoms with Crippen LogP contribution in [-0.2, 0) is 17.8 Å². The van der Waals surface area contributed by atoms with E-state index in [1.807, 2.05) is 0 Å². The molecule has 0 aliphatic rings. The monoisotopic (exact) mass is 214 g/mol. The van der Waals surface area contributed by atoms with E-state index in [2.05, 4.69) is 17.3 Å². The molecular formula is C10H18N2OS. The van der Waals surface area contributed by atoms with Crippen molar-refractivity contribution in [1.82, 2.24) is 4.98 Å². The summed E-state index contributed by atoms with van der Waals surface area (Å²) < 4.78 is 5.41. The van der Waals surface area contributed by atoms with Crippen LogP contribution in [0.5, 0.6) is 0 Å². The Morgan fingerprint density at radius 1 is 1.57 bits per heavy atom. The average Bonchev–Trinajstić information content (AvgIpc) is 2.63. The summed E-state index contributed by atoms with van der Waals surface area (Å²) in [5.41, 5.74) is 6.58. The maximum absolute atomic E-state index is 5.43. The van der Waals surface area contributed by atoms with Crippen molar-refractivity contribution >= 4 is 11.3 Å². The Bertz CT molecular complexity index is 250. The van der Waals surface area contributed by atoms with Crippen molar-refractivity contribution in [1.29, 1.82) is 0 Å². The highest BCUT2D eigenvalue weighted by Crippen LogP contribution is 2.12. The van der Waals surface area contributed by atoms with E-state index in [4.69, 9.17) is 10.5 Å². The Hall–Kier alpha value is -0.450. The summed E-state index contributed by atoms with van der Waals surface area (Å²) in [6.45, 7) is 4.31. The highest BCUT2D eigenvalue weighted by atomic mass is 32.1. The Kier molecular flexibility index (Phi) is 5.75. The largest absolute Gasteiger partial charge is 0.374 e. The van der Waals surface area contributed by atoms with Crippen LogP contribution in [0.1, 0.15) is 30.5 Å². The summed E-state index contributed by atoms with van der Waals surface area (Å²) in [4.78, 5) is 4.46. The van der Waals surface area contributed by atoms with Crippen molar-refractivity contribution < 1.29 is 4.74 Å². The lowest BCUT2D eigenvalue weighted by Gasteiger charge is -1.97. The summed E-state index contributed by atoms with van der Waals surface area (Å²) >= 11 is 1.67. The van der Waals surface area contributed by atoms with Gasteiger partial charge in [-0.15, -0.1) is 11.3 Å². The predicted octanol–water partition coefficient (Wildman–Crippen LogP) is 1.96. The summed E-state index contributed by atoms with van der Waals surface area (Å²) in [7, 11) is 0. The van der Waals surface area contributed by atoms with Gasteiger partial charge in [-0.25, -0.2) is 4.98 Å². The highest BCUT2D eigenvalue weighted by Gasteiger charge is 2.01. The van der Waals surface area contributed by atoms with E-state index in [1.165, 1.54) is 0 Å². The van der Waals surface area contributed by atoms with E-state index >= 15 is 0 Å². The SMILES string of the molecule is CCCOCc1nc(CCCN)cs1. The van der Waals surface area contributed by atoms with Gasteiger partial charge in [0.15, 0.2) is 0 Å². The van der Waals surface area contributed by atoms with Crippen molar-refractivity contribution in [2.24, 2.45) is 5.73 Å². The molecule has 3 nitrogen and oxygen atoms in total. The van der Waals surface area contributed by atoms with Crippen LogP contribution in [0, 0.1) is 0 Å². The molecule has 4 heteroatoms. The van der Waals surface area contributed by atoms with Crippen LogP contribution in [0.25, 0.3) is 0 Å². The van der Waals surface area contributed by atoms with E-state index in [0.717, 1.165) is 43.1 Å². The lowest BCUT2D eigenvalue weighted by Crippen LogP contribution is -2.00. The van der Waals surface area contributed by atoms with Crippen LogP contribution in [0.3, 0.4) is 0 Å². The van der Waals surface area contributed by atoms with E-state index < -0.39 is 0 Å². The number of nitrogens with zero attached hydrogens (tertiary/aromatic N) is 1.